The van der Waals surface area contributed by atoms with E-state index in [1.807, 2.05) is 0 Å². The molecule has 0 bridgehead atoms. The smallest absolute Gasteiger partial charge is 0.260 e. The predicted molar refractivity (Wildman–Crippen MR) is 117 cm³/mol. The molecule has 2 amide bonds. The predicted octanol–water partition coefficient (Wildman–Crippen LogP) is 1.93. The number of benzene rings is 2. The molecule has 11 heteroatoms. The lowest BCUT2D eigenvalue weighted by Crippen LogP contribution is -2.51. The van der Waals surface area contributed by atoms with Crippen LogP contribution in [0.5, 0.6) is 5.75 Å². The number of piperazine rings is 1. The summed E-state index contributed by atoms with van der Waals surface area (Å²) in [5.74, 6) is -0.202. The van der Waals surface area contributed by atoms with Crippen molar-refractivity contribution >= 4 is 45.0 Å². The molecule has 0 atom stereocenters. The molecule has 0 saturated carbocycles. The largest absolute Gasteiger partial charge is 0.484 e. The van der Waals surface area contributed by atoms with Crippen LogP contribution in [0.3, 0.4) is 0 Å². The third kappa shape index (κ3) is 5.68. The minimum atomic E-state index is -3.87. The number of sulfonamides is 1. The van der Waals surface area contributed by atoms with Gasteiger partial charge in [-0.15, -0.1) is 0 Å². The number of halogens is 2. The minimum Gasteiger partial charge on any atom is -0.484 e. The first-order chi connectivity index (χ1) is 14.7. The van der Waals surface area contributed by atoms with E-state index in [2.05, 4.69) is 0 Å². The van der Waals surface area contributed by atoms with Crippen LogP contribution in [0.2, 0.25) is 10.0 Å². The zero-order chi connectivity index (χ0) is 22.6. The van der Waals surface area contributed by atoms with E-state index in [4.69, 9.17) is 33.7 Å². The van der Waals surface area contributed by atoms with Gasteiger partial charge in [-0.1, -0.05) is 41.4 Å². The van der Waals surface area contributed by atoms with E-state index in [1.165, 1.54) is 16.4 Å². The van der Waals surface area contributed by atoms with Crippen LogP contribution in [0.4, 0.5) is 0 Å². The van der Waals surface area contributed by atoms with Gasteiger partial charge in [0.15, 0.2) is 6.61 Å². The fourth-order valence-electron chi connectivity index (χ4n) is 3.18. The number of carbonyl (C=O) groups excluding carboxylic acids is 2. The number of nitrogens with zero attached hydrogens (tertiary/aromatic N) is 2. The summed E-state index contributed by atoms with van der Waals surface area (Å²) in [5.41, 5.74) is 5.91. The maximum Gasteiger partial charge on any atom is 0.260 e. The molecular weight excluding hydrogens is 465 g/mol. The van der Waals surface area contributed by atoms with Crippen molar-refractivity contribution < 1.29 is 22.7 Å². The van der Waals surface area contributed by atoms with E-state index in [9.17, 15) is 18.0 Å². The maximum absolute atomic E-state index is 12.9. The summed E-state index contributed by atoms with van der Waals surface area (Å²) in [6.07, 6.45) is 0.131. The van der Waals surface area contributed by atoms with Gasteiger partial charge in [0.05, 0.1) is 16.5 Å². The lowest BCUT2D eigenvalue weighted by atomic mass is 10.1. The molecule has 1 saturated heterocycles. The van der Waals surface area contributed by atoms with Crippen LogP contribution < -0.4 is 10.5 Å². The first-order valence-corrected chi connectivity index (χ1v) is 11.6. The highest BCUT2D eigenvalue weighted by molar-refractivity contribution is 7.89. The van der Waals surface area contributed by atoms with Crippen LogP contribution in [0.25, 0.3) is 0 Å². The number of rotatable bonds is 7. The summed E-state index contributed by atoms with van der Waals surface area (Å²) < 4.78 is 32.6. The number of hydrogen-bond acceptors (Lipinski definition) is 5. The number of nitrogens with two attached hydrogens (primary N) is 1. The van der Waals surface area contributed by atoms with Crippen molar-refractivity contribution in [3.8, 4) is 5.75 Å². The van der Waals surface area contributed by atoms with Gasteiger partial charge in [0.2, 0.25) is 15.9 Å². The Kier molecular flexibility index (Phi) is 7.42. The third-order valence-corrected chi connectivity index (χ3v) is 7.63. The van der Waals surface area contributed by atoms with Gasteiger partial charge in [0, 0.05) is 26.2 Å². The van der Waals surface area contributed by atoms with Crippen molar-refractivity contribution in [2.75, 3.05) is 32.8 Å². The molecule has 2 aromatic carbocycles. The summed E-state index contributed by atoms with van der Waals surface area (Å²) in [6, 6.07) is 11.2. The molecule has 0 aliphatic carbocycles. The SMILES string of the molecule is NC(=O)Cc1ccc(OCC(=O)N2CCN(S(=O)(=O)c3c(Cl)cccc3Cl)CC2)cc1. The van der Waals surface area contributed by atoms with Crippen LogP contribution in [-0.4, -0.2) is 62.2 Å². The zero-order valence-electron chi connectivity index (χ0n) is 16.5. The van der Waals surface area contributed by atoms with Gasteiger partial charge < -0.3 is 15.4 Å². The number of hydrogen-bond donors (Lipinski definition) is 1. The van der Waals surface area contributed by atoms with Crippen LogP contribution in [0.1, 0.15) is 5.56 Å². The molecule has 1 heterocycles. The molecule has 2 aromatic rings. The number of ether oxygens (including phenoxy) is 1. The summed E-state index contributed by atoms with van der Waals surface area (Å²) >= 11 is 12.1. The molecule has 3 rings (SSSR count). The van der Waals surface area contributed by atoms with Crippen molar-refractivity contribution in [2.45, 2.75) is 11.3 Å². The Hall–Kier alpha value is -2.33. The van der Waals surface area contributed by atoms with Gasteiger partial charge >= 0.3 is 0 Å². The van der Waals surface area contributed by atoms with Crippen LogP contribution in [0, 0.1) is 0 Å². The van der Waals surface area contributed by atoms with Crippen molar-refractivity contribution in [3.05, 3.63) is 58.1 Å². The monoisotopic (exact) mass is 485 g/mol. The lowest BCUT2D eigenvalue weighted by molar-refractivity contribution is -0.134. The zero-order valence-corrected chi connectivity index (χ0v) is 18.8. The average molecular weight is 486 g/mol. The first kappa shape index (κ1) is 23.3. The molecule has 31 heavy (non-hydrogen) atoms. The summed E-state index contributed by atoms with van der Waals surface area (Å²) in [5, 5.41) is 0.113. The van der Waals surface area contributed by atoms with E-state index >= 15 is 0 Å². The van der Waals surface area contributed by atoms with Crippen molar-refractivity contribution in [3.63, 3.8) is 0 Å². The van der Waals surface area contributed by atoms with E-state index in [1.54, 1.807) is 35.2 Å². The van der Waals surface area contributed by atoms with Gasteiger partial charge in [-0.25, -0.2) is 8.42 Å². The molecule has 0 aromatic heterocycles. The first-order valence-electron chi connectivity index (χ1n) is 9.40. The second kappa shape index (κ2) is 9.86. The second-order valence-corrected chi connectivity index (χ2v) is 9.60. The lowest BCUT2D eigenvalue weighted by Gasteiger charge is -2.34. The Balaban J connectivity index is 1.54. The molecule has 8 nitrogen and oxygen atoms in total. The van der Waals surface area contributed by atoms with Crippen LogP contribution in [-0.2, 0) is 26.0 Å². The summed E-state index contributed by atoms with van der Waals surface area (Å²) in [6.45, 7) is 0.509. The second-order valence-electron chi connectivity index (χ2n) is 6.91. The van der Waals surface area contributed by atoms with Crippen LogP contribution >= 0.6 is 23.2 Å². The van der Waals surface area contributed by atoms with Crippen molar-refractivity contribution in [1.82, 2.24) is 9.21 Å². The Morgan fingerprint density at radius 1 is 0.968 bits per heavy atom. The molecule has 0 spiro atoms. The van der Waals surface area contributed by atoms with Crippen molar-refractivity contribution in [1.29, 1.82) is 0 Å². The average Bonchev–Trinajstić information content (AvgIpc) is 2.72. The summed E-state index contributed by atoms with van der Waals surface area (Å²) in [7, 11) is -3.87. The Morgan fingerprint density at radius 2 is 1.55 bits per heavy atom. The van der Waals surface area contributed by atoms with Gasteiger partial charge in [0.25, 0.3) is 5.91 Å². The van der Waals surface area contributed by atoms with Crippen LogP contribution in [0.15, 0.2) is 47.4 Å². The summed E-state index contributed by atoms with van der Waals surface area (Å²) in [4.78, 5) is 24.8. The van der Waals surface area contributed by atoms with E-state index < -0.39 is 15.9 Å². The highest BCUT2D eigenvalue weighted by Gasteiger charge is 2.33. The Labute approximate surface area is 190 Å². The van der Waals surface area contributed by atoms with Gasteiger partial charge in [0.1, 0.15) is 10.6 Å². The molecule has 1 fully saturated rings. The molecular formula is C20H21Cl2N3O5S. The third-order valence-electron chi connectivity index (χ3n) is 4.77. The molecule has 1 aliphatic heterocycles. The van der Waals surface area contributed by atoms with E-state index in [-0.39, 0.29) is 60.1 Å². The highest BCUT2D eigenvalue weighted by atomic mass is 35.5. The quantitative estimate of drug-likeness (QED) is 0.643. The maximum atomic E-state index is 12.9. The Morgan fingerprint density at radius 3 is 2.10 bits per heavy atom. The number of carbonyl (C=O) groups is 2. The fourth-order valence-corrected chi connectivity index (χ4v) is 5.69. The fraction of sp³-hybridized carbons (Fsp3) is 0.300. The van der Waals surface area contributed by atoms with Gasteiger partial charge in [-0.3, -0.25) is 9.59 Å². The molecule has 166 valence electrons. The minimum absolute atomic E-state index is 0.0567. The molecule has 0 unspecified atom stereocenters. The van der Waals surface area contributed by atoms with Crippen molar-refractivity contribution in [2.24, 2.45) is 5.73 Å². The van der Waals surface area contributed by atoms with E-state index in [0.29, 0.717) is 5.75 Å². The number of primary amides is 1. The van der Waals surface area contributed by atoms with Gasteiger partial charge in [-0.05, 0) is 29.8 Å². The Bertz CT molecular complexity index is 1050. The molecule has 2 N–H and O–H groups in total. The van der Waals surface area contributed by atoms with E-state index in [0.717, 1.165) is 5.56 Å². The topological polar surface area (TPSA) is 110 Å². The standard InChI is InChI=1S/C20H21Cl2N3O5S/c21-16-2-1-3-17(22)20(16)31(28,29)25-10-8-24(9-11-25)19(27)13-30-15-6-4-14(5-7-15)12-18(23)26/h1-7H,8-13H2,(H2,23,26). The molecule has 1 aliphatic rings. The normalized spacial score (nSPS) is 15.0. The highest BCUT2D eigenvalue weighted by Crippen LogP contribution is 2.31. The molecule has 0 radical (unpaired) electrons. The van der Waals surface area contributed by atoms with Gasteiger partial charge in [-0.2, -0.15) is 4.31 Å². The number of amides is 2.